The number of pyridine rings is 1. The van der Waals surface area contributed by atoms with Crippen molar-refractivity contribution in [1.82, 2.24) is 30.7 Å². The van der Waals surface area contributed by atoms with E-state index in [2.05, 4.69) is 30.7 Å². The van der Waals surface area contributed by atoms with E-state index in [1.807, 2.05) is 18.2 Å². The van der Waals surface area contributed by atoms with Crippen molar-refractivity contribution in [3.63, 3.8) is 0 Å². The molecule has 31 heavy (non-hydrogen) atoms. The molecular formula is C22H30N6O3. The standard InChI is InChI=1S/C22H30N6O3/c29-21(25-14-19-26-20(27-31-19)18-3-1-2-7-24-18)22-6-4-17(28-9-11-30-12-10-28)13-16(22)5-8-23-15-22/h1-3,7,16-17,23H,4-6,8-15H2,(H,25,29)/t16-,17+,22-/m1/s1. The number of morpholine rings is 1. The highest BCUT2D eigenvalue weighted by atomic mass is 16.5. The van der Waals surface area contributed by atoms with Gasteiger partial charge in [-0.2, -0.15) is 4.98 Å². The Kier molecular flexibility index (Phi) is 5.97. The summed E-state index contributed by atoms with van der Waals surface area (Å²) in [6.07, 6.45) is 5.77. The van der Waals surface area contributed by atoms with Crippen LogP contribution in [0.3, 0.4) is 0 Å². The van der Waals surface area contributed by atoms with Gasteiger partial charge in [0.25, 0.3) is 0 Å². The predicted octanol–water partition coefficient (Wildman–Crippen LogP) is 1.23. The normalized spacial score (nSPS) is 29.3. The van der Waals surface area contributed by atoms with E-state index in [0.29, 0.717) is 29.4 Å². The Balaban J connectivity index is 1.23. The molecule has 1 amide bonds. The molecule has 2 saturated heterocycles. The number of hydrogen-bond acceptors (Lipinski definition) is 8. The van der Waals surface area contributed by atoms with E-state index in [1.165, 1.54) is 0 Å². The molecule has 9 heteroatoms. The molecule has 2 aliphatic heterocycles. The highest BCUT2D eigenvalue weighted by molar-refractivity contribution is 5.83. The third-order valence-electron chi connectivity index (χ3n) is 7.15. The van der Waals surface area contributed by atoms with Gasteiger partial charge in [0.1, 0.15) is 5.69 Å². The molecule has 0 bridgehead atoms. The van der Waals surface area contributed by atoms with E-state index in [4.69, 9.17) is 9.26 Å². The molecule has 0 radical (unpaired) electrons. The number of carbonyl (C=O) groups excluding carboxylic acids is 1. The maximum atomic E-state index is 13.4. The smallest absolute Gasteiger partial charge is 0.246 e. The van der Waals surface area contributed by atoms with Gasteiger partial charge in [-0.15, -0.1) is 0 Å². The summed E-state index contributed by atoms with van der Waals surface area (Å²) in [5.41, 5.74) is 0.297. The van der Waals surface area contributed by atoms with Gasteiger partial charge in [-0.3, -0.25) is 14.7 Å². The minimum atomic E-state index is -0.356. The zero-order valence-electron chi connectivity index (χ0n) is 17.8. The van der Waals surface area contributed by atoms with Crippen LogP contribution in [0.1, 0.15) is 31.6 Å². The van der Waals surface area contributed by atoms with Gasteiger partial charge in [0.2, 0.25) is 17.6 Å². The summed E-state index contributed by atoms with van der Waals surface area (Å²) in [5, 5.41) is 10.5. The number of amides is 1. The molecule has 1 aliphatic carbocycles. The zero-order valence-corrected chi connectivity index (χ0v) is 17.8. The number of piperidine rings is 1. The van der Waals surface area contributed by atoms with Crippen molar-refractivity contribution in [3.05, 3.63) is 30.3 Å². The lowest BCUT2D eigenvalue weighted by atomic mass is 9.61. The van der Waals surface area contributed by atoms with Crippen molar-refractivity contribution in [3.8, 4) is 11.5 Å². The summed E-state index contributed by atoms with van der Waals surface area (Å²) in [6.45, 7) is 5.60. The molecule has 0 unspecified atom stereocenters. The van der Waals surface area contributed by atoms with E-state index in [9.17, 15) is 4.79 Å². The molecule has 3 fully saturated rings. The highest BCUT2D eigenvalue weighted by Crippen LogP contribution is 2.46. The Morgan fingerprint density at radius 3 is 3.03 bits per heavy atom. The van der Waals surface area contributed by atoms with Crippen molar-refractivity contribution >= 4 is 5.91 Å². The van der Waals surface area contributed by atoms with Crippen LogP contribution in [0.5, 0.6) is 0 Å². The maximum Gasteiger partial charge on any atom is 0.246 e. The molecular weight excluding hydrogens is 396 g/mol. The van der Waals surface area contributed by atoms with Crippen LogP contribution in [0.2, 0.25) is 0 Å². The van der Waals surface area contributed by atoms with Crippen LogP contribution in [0, 0.1) is 11.3 Å². The second-order valence-electron chi connectivity index (χ2n) is 8.80. The number of hydrogen-bond donors (Lipinski definition) is 2. The molecule has 0 spiro atoms. The lowest BCUT2D eigenvalue weighted by molar-refractivity contribution is -0.140. The van der Waals surface area contributed by atoms with Gasteiger partial charge >= 0.3 is 0 Å². The van der Waals surface area contributed by atoms with Gasteiger partial charge in [0.15, 0.2) is 0 Å². The Bertz CT molecular complexity index is 884. The fourth-order valence-electron chi connectivity index (χ4n) is 5.43. The molecule has 166 valence electrons. The van der Waals surface area contributed by atoms with E-state index in [0.717, 1.165) is 65.1 Å². The van der Waals surface area contributed by atoms with Crippen LogP contribution in [0.4, 0.5) is 0 Å². The second-order valence-corrected chi connectivity index (χ2v) is 8.80. The van der Waals surface area contributed by atoms with Crippen molar-refractivity contribution in [2.75, 3.05) is 39.4 Å². The number of nitrogens with one attached hydrogen (secondary N) is 2. The average molecular weight is 427 g/mol. The van der Waals surface area contributed by atoms with Crippen LogP contribution >= 0.6 is 0 Å². The second kappa shape index (κ2) is 9.02. The number of nitrogens with zero attached hydrogens (tertiary/aromatic N) is 4. The van der Waals surface area contributed by atoms with E-state index in [1.54, 1.807) is 6.20 Å². The molecule has 3 atom stereocenters. The number of carbonyl (C=O) groups is 1. The zero-order chi connectivity index (χ0) is 21.1. The summed E-state index contributed by atoms with van der Waals surface area (Å²) in [6, 6.07) is 6.11. The van der Waals surface area contributed by atoms with E-state index in [-0.39, 0.29) is 17.9 Å². The van der Waals surface area contributed by atoms with Gasteiger partial charge in [0, 0.05) is 31.9 Å². The molecule has 4 heterocycles. The van der Waals surface area contributed by atoms with Crippen LogP contribution in [-0.4, -0.2) is 71.4 Å². The minimum Gasteiger partial charge on any atom is -0.379 e. The Morgan fingerprint density at radius 1 is 1.29 bits per heavy atom. The number of ether oxygens (including phenoxy) is 1. The summed E-state index contributed by atoms with van der Waals surface area (Å²) < 4.78 is 10.9. The molecule has 5 rings (SSSR count). The van der Waals surface area contributed by atoms with Crippen LogP contribution < -0.4 is 10.6 Å². The molecule has 9 nitrogen and oxygen atoms in total. The first-order chi connectivity index (χ1) is 15.2. The lowest BCUT2D eigenvalue weighted by Crippen LogP contribution is -2.60. The maximum absolute atomic E-state index is 13.4. The largest absolute Gasteiger partial charge is 0.379 e. The minimum absolute atomic E-state index is 0.0997. The number of rotatable bonds is 5. The summed E-state index contributed by atoms with van der Waals surface area (Å²) >= 11 is 0. The third-order valence-corrected chi connectivity index (χ3v) is 7.15. The average Bonchev–Trinajstić information content (AvgIpc) is 3.32. The van der Waals surface area contributed by atoms with Crippen LogP contribution in [0.15, 0.2) is 28.9 Å². The third kappa shape index (κ3) is 4.22. The quantitative estimate of drug-likeness (QED) is 0.736. The monoisotopic (exact) mass is 426 g/mol. The Morgan fingerprint density at radius 2 is 2.19 bits per heavy atom. The van der Waals surface area contributed by atoms with Crippen molar-refractivity contribution in [1.29, 1.82) is 0 Å². The first kappa shape index (κ1) is 20.5. The van der Waals surface area contributed by atoms with Gasteiger partial charge in [0.05, 0.1) is 25.2 Å². The van der Waals surface area contributed by atoms with Gasteiger partial charge in [-0.1, -0.05) is 11.2 Å². The van der Waals surface area contributed by atoms with Crippen molar-refractivity contribution in [2.45, 2.75) is 38.3 Å². The molecule has 2 N–H and O–H groups in total. The molecule has 2 aromatic rings. The Hall–Kier alpha value is -2.36. The van der Waals surface area contributed by atoms with E-state index >= 15 is 0 Å². The molecule has 2 aromatic heterocycles. The summed E-state index contributed by atoms with van der Waals surface area (Å²) in [7, 11) is 0. The molecule has 3 aliphatic rings. The van der Waals surface area contributed by atoms with Crippen molar-refractivity contribution in [2.24, 2.45) is 11.3 Å². The summed E-state index contributed by atoms with van der Waals surface area (Å²) in [4.78, 5) is 24.6. The lowest BCUT2D eigenvalue weighted by Gasteiger charge is -2.50. The number of fused-ring (bicyclic) bond motifs is 1. The fraction of sp³-hybridized carbons (Fsp3) is 0.636. The topological polar surface area (TPSA) is 105 Å². The van der Waals surface area contributed by atoms with Crippen LogP contribution in [-0.2, 0) is 16.1 Å². The highest BCUT2D eigenvalue weighted by Gasteiger charge is 2.50. The summed E-state index contributed by atoms with van der Waals surface area (Å²) in [5.74, 6) is 1.32. The first-order valence-electron chi connectivity index (χ1n) is 11.3. The SMILES string of the molecule is O=C(NCc1nc(-c2ccccn2)no1)[C@@]12CC[C@H](N3CCOCC3)C[C@H]1CCNC2. The Labute approximate surface area is 181 Å². The van der Waals surface area contributed by atoms with Gasteiger partial charge in [-0.25, -0.2) is 0 Å². The number of aromatic nitrogens is 3. The van der Waals surface area contributed by atoms with Crippen molar-refractivity contribution < 1.29 is 14.1 Å². The fourth-order valence-corrected chi connectivity index (χ4v) is 5.43. The first-order valence-corrected chi connectivity index (χ1v) is 11.3. The van der Waals surface area contributed by atoms with Gasteiger partial charge < -0.3 is 19.9 Å². The predicted molar refractivity (Wildman–Crippen MR) is 113 cm³/mol. The van der Waals surface area contributed by atoms with E-state index < -0.39 is 0 Å². The van der Waals surface area contributed by atoms with Gasteiger partial charge in [-0.05, 0) is 50.3 Å². The van der Waals surface area contributed by atoms with Crippen LogP contribution in [0.25, 0.3) is 11.5 Å². The molecule has 0 aromatic carbocycles. The molecule has 1 saturated carbocycles.